The molecule has 0 saturated heterocycles. The Morgan fingerprint density at radius 1 is 1.06 bits per heavy atom. The van der Waals surface area contributed by atoms with Crippen LogP contribution in [0.3, 0.4) is 0 Å². The highest BCUT2D eigenvalue weighted by Gasteiger charge is 2.34. The molecular weight excluding hydrogens is 440 g/mol. The van der Waals surface area contributed by atoms with Crippen molar-refractivity contribution in [1.29, 1.82) is 0 Å². The summed E-state index contributed by atoms with van der Waals surface area (Å²) in [7, 11) is 1.98. The Kier molecular flexibility index (Phi) is 6.23. The van der Waals surface area contributed by atoms with Gasteiger partial charge in [-0.05, 0) is 42.3 Å². The predicted molar refractivity (Wildman–Crippen MR) is 136 cm³/mol. The molecule has 0 fully saturated rings. The Morgan fingerprint density at radius 2 is 1.83 bits per heavy atom. The lowest BCUT2D eigenvalue weighted by molar-refractivity contribution is -0.127. The third-order valence-corrected chi connectivity index (χ3v) is 6.40. The number of aromatic nitrogens is 2. The van der Waals surface area contributed by atoms with Gasteiger partial charge in [0.05, 0.1) is 23.3 Å². The maximum absolute atomic E-state index is 13.6. The summed E-state index contributed by atoms with van der Waals surface area (Å²) in [6, 6.07) is 22.9. The molecule has 7 nitrogen and oxygen atoms in total. The summed E-state index contributed by atoms with van der Waals surface area (Å²) in [5.41, 5.74) is 4.10. The molecule has 0 radical (unpaired) electrons. The molecule has 2 amide bonds. The van der Waals surface area contributed by atoms with Crippen LogP contribution in [0.25, 0.3) is 11.0 Å². The minimum absolute atomic E-state index is 0.132. The fourth-order valence-corrected chi connectivity index (χ4v) is 4.51. The summed E-state index contributed by atoms with van der Waals surface area (Å²) in [5.74, 6) is 1.06. The van der Waals surface area contributed by atoms with Crippen molar-refractivity contribution in [3.05, 3.63) is 89.7 Å². The molecule has 1 atom stereocenters. The molecule has 2 heterocycles. The zero-order chi connectivity index (χ0) is 24.4. The number of carbonyl (C=O) groups excluding carboxylic acids is 2. The molecule has 1 N–H and O–H groups in total. The molecule has 1 aromatic heterocycles. The standard InChI is InChI=1S/C28H28N4O3/c1-3-26-30-21-17-20(13-14-22(21)31(26)2)28(34)32-18-25(35-24-12-8-7-11-23(24)32)27(33)29-16-15-19-9-5-4-6-10-19/h4-14,17,25H,3,15-16,18H2,1-2H3,(H,29,33). The molecule has 0 bridgehead atoms. The fourth-order valence-electron chi connectivity index (χ4n) is 4.51. The topological polar surface area (TPSA) is 76.5 Å². The van der Waals surface area contributed by atoms with Crippen molar-refractivity contribution in [2.45, 2.75) is 25.9 Å². The second kappa shape index (κ2) is 9.62. The molecule has 0 aliphatic carbocycles. The zero-order valence-corrected chi connectivity index (χ0v) is 19.9. The second-order valence-corrected chi connectivity index (χ2v) is 8.66. The number of hydrogen-bond acceptors (Lipinski definition) is 4. The van der Waals surface area contributed by atoms with Crippen LogP contribution in [0, 0.1) is 0 Å². The number of imidazole rings is 1. The molecule has 4 aromatic rings. The summed E-state index contributed by atoms with van der Waals surface area (Å²) >= 11 is 0. The number of benzene rings is 3. The molecule has 3 aromatic carbocycles. The van der Waals surface area contributed by atoms with Crippen LogP contribution >= 0.6 is 0 Å². The highest BCUT2D eigenvalue weighted by Crippen LogP contribution is 2.34. The first-order valence-electron chi connectivity index (χ1n) is 11.9. The van der Waals surface area contributed by atoms with E-state index in [1.807, 2.05) is 78.3 Å². The molecule has 1 aliphatic rings. The molecule has 5 rings (SSSR count). The Balaban J connectivity index is 1.36. The van der Waals surface area contributed by atoms with Crippen LogP contribution in [0.2, 0.25) is 0 Å². The maximum Gasteiger partial charge on any atom is 0.262 e. The number of fused-ring (bicyclic) bond motifs is 2. The molecule has 35 heavy (non-hydrogen) atoms. The van der Waals surface area contributed by atoms with Crippen molar-refractivity contribution in [2.24, 2.45) is 7.05 Å². The van der Waals surface area contributed by atoms with Gasteiger partial charge in [-0.1, -0.05) is 49.4 Å². The monoisotopic (exact) mass is 468 g/mol. The van der Waals surface area contributed by atoms with E-state index in [9.17, 15) is 9.59 Å². The Labute approximate surface area is 204 Å². The van der Waals surface area contributed by atoms with E-state index in [1.54, 1.807) is 11.0 Å². The summed E-state index contributed by atoms with van der Waals surface area (Å²) in [5, 5.41) is 2.96. The molecule has 1 aliphatic heterocycles. The van der Waals surface area contributed by atoms with Crippen LogP contribution in [0.4, 0.5) is 5.69 Å². The number of anilines is 1. The van der Waals surface area contributed by atoms with Crippen LogP contribution in [-0.4, -0.2) is 40.6 Å². The molecule has 0 saturated carbocycles. The lowest BCUT2D eigenvalue weighted by atomic mass is 10.1. The molecule has 0 spiro atoms. The summed E-state index contributed by atoms with van der Waals surface area (Å²) in [4.78, 5) is 32.9. The van der Waals surface area contributed by atoms with Crippen molar-refractivity contribution < 1.29 is 14.3 Å². The van der Waals surface area contributed by atoms with E-state index in [2.05, 4.69) is 17.2 Å². The largest absolute Gasteiger partial charge is 0.477 e. The smallest absolute Gasteiger partial charge is 0.262 e. The van der Waals surface area contributed by atoms with Crippen molar-refractivity contribution in [1.82, 2.24) is 14.9 Å². The van der Waals surface area contributed by atoms with Gasteiger partial charge in [0.15, 0.2) is 6.10 Å². The van der Waals surface area contributed by atoms with E-state index in [0.717, 1.165) is 35.3 Å². The van der Waals surface area contributed by atoms with Gasteiger partial charge in [-0.3, -0.25) is 9.59 Å². The Hall–Kier alpha value is -4.13. The average Bonchev–Trinajstić information content (AvgIpc) is 3.22. The van der Waals surface area contributed by atoms with Gasteiger partial charge in [0.1, 0.15) is 11.6 Å². The number of aryl methyl sites for hydroxylation is 2. The highest BCUT2D eigenvalue weighted by molar-refractivity contribution is 6.09. The van der Waals surface area contributed by atoms with Gasteiger partial charge in [0.2, 0.25) is 0 Å². The number of nitrogens with zero attached hydrogens (tertiary/aromatic N) is 3. The third kappa shape index (κ3) is 4.49. The fraction of sp³-hybridized carbons (Fsp3) is 0.250. The number of hydrogen-bond donors (Lipinski definition) is 1. The van der Waals surface area contributed by atoms with Crippen LogP contribution in [0.1, 0.15) is 28.7 Å². The Bertz CT molecular complexity index is 1380. The third-order valence-electron chi connectivity index (χ3n) is 6.40. The van der Waals surface area contributed by atoms with Crippen molar-refractivity contribution in [2.75, 3.05) is 18.0 Å². The minimum Gasteiger partial charge on any atom is -0.477 e. The van der Waals surface area contributed by atoms with Crippen LogP contribution < -0.4 is 15.0 Å². The quantitative estimate of drug-likeness (QED) is 0.466. The SMILES string of the molecule is CCc1nc2cc(C(=O)N3CC(C(=O)NCCc4ccccc4)Oc4ccccc43)ccc2n1C. The first kappa shape index (κ1) is 22.7. The number of para-hydroxylation sites is 2. The van der Waals surface area contributed by atoms with Gasteiger partial charge < -0.3 is 19.5 Å². The van der Waals surface area contributed by atoms with Gasteiger partial charge in [0.25, 0.3) is 11.8 Å². The second-order valence-electron chi connectivity index (χ2n) is 8.66. The highest BCUT2D eigenvalue weighted by atomic mass is 16.5. The lowest BCUT2D eigenvalue weighted by Gasteiger charge is -2.34. The summed E-state index contributed by atoms with van der Waals surface area (Å²) in [6.45, 7) is 2.69. The molecule has 178 valence electrons. The predicted octanol–water partition coefficient (Wildman–Crippen LogP) is 3.90. The number of carbonyl (C=O) groups is 2. The van der Waals surface area contributed by atoms with Crippen LogP contribution in [-0.2, 0) is 24.7 Å². The molecule has 7 heteroatoms. The van der Waals surface area contributed by atoms with Gasteiger partial charge in [-0.25, -0.2) is 4.98 Å². The minimum atomic E-state index is -0.796. The molecule has 1 unspecified atom stereocenters. The Morgan fingerprint density at radius 3 is 2.63 bits per heavy atom. The first-order chi connectivity index (χ1) is 17.0. The van der Waals surface area contributed by atoms with Crippen molar-refractivity contribution >= 4 is 28.5 Å². The lowest BCUT2D eigenvalue weighted by Crippen LogP contribution is -2.51. The van der Waals surface area contributed by atoms with E-state index in [4.69, 9.17) is 4.74 Å². The van der Waals surface area contributed by atoms with Crippen LogP contribution in [0.5, 0.6) is 5.75 Å². The van der Waals surface area contributed by atoms with Gasteiger partial charge in [-0.2, -0.15) is 0 Å². The number of amides is 2. The van der Waals surface area contributed by atoms with Crippen LogP contribution in [0.15, 0.2) is 72.8 Å². The normalized spacial score (nSPS) is 14.9. The van der Waals surface area contributed by atoms with Gasteiger partial charge in [-0.15, -0.1) is 0 Å². The van der Waals surface area contributed by atoms with E-state index < -0.39 is 6.10 Å². The summed E-state index contributed by atoms with van der Waals surface area (Å²) < 4.78 is 8.04. The number of ether oxygens (including phenoxy) is 1. The molecular formula is C28H28N4O3. The maximum atomic E-state index is 13.6. The van der Waals surface area contributed by atoms with E-state index in [-0.39, 0.29) is 18.4 Å². The van der Waals surface area contributed by atoms with Gasteiger partial charge in [0, 0.05) is 25.6 Å². The zero-order valence-electron chi connectivity index (χ0n) is 19.9. The van der Waals surface area contributed by atoms with Gasteiger partial charge >= 0.3 is 0 Å². The first-order valence-corrected chi connectivity index (χ1v) is 11.9. The van der Waals surface area contributed by atoms with E-state index >= 15 is 0 Å². The van der Waals surface area contributed by atoms with E-state index in [0.29, 0.717) is 23.5 Å². The van der Waals surface area contributed by atoms with Crippen molar-refractivity contribution in [3.8, 4) is 5.75 Å². The number of rotatable bonds is 6. The summed E-state index contributed by atoms with van der Waals surface area (Å²) in [6.07, 6.45) is 0.740. The average molecular weight is 469 g/mol. The van der Waals surface area contributed by atoms with Crippen molar-refractivity contribution in [3.63, 3.8) is 0 Å². The number of nitrogens with one attached hydrogen (secondary N) is 1. The van der Waals surface area contributed by atoms with E-state index in [1.165, 1.54) is 0 Å².